The molecule has 5 rings (SSSR count). The molecule has 0 bridgehead atoms. The summed E-state index contributed by atoms with van der Waals surface area (Å²) in [6, 6.07) is 24.8. The zero-order chi connectivity index (χ0) is 23.3. The third-order valence-electron chi connectivity index (χ3n) is 6.43. The van der Waals surface area contributed by atoms with E-state index in [1.807, 2.05) is 54.6 Å². The molecule has 1 saturated heterocycles. The lowest BCUT2D eigenvalue weighted by Gasteiger charge is -2.23. The lowest BCUT2D eigenvalue weighted by molar-refractivity contribution is -0.150. The molecule has 1 aliphatic carbocycles. The number of fused-ring (bicyclic) bond motifs is 3. The van der Waals surface area contributed by atoms with E-state index in [2.05, 4.69) is 29.6 Å². The Morgan fingerprint density at radius 2 is 1.53 bits per heavy atom. The third kappa shape index (κ3) is 4.68. The highest BCUT2D eigenvalue weighted by Gasteiger charge is 2.35. The number of hydrogen-bond donors (Lipinski definition) is 1. The molecule has 174 valence electrons. The van der Waals surface area contributed by atoms with Crippen molar-refractivity contribution in [3.8, 4) is 11.1 Å². The fourth-order valence-corrected chi connectivity index (χ4v) is 4.75. The molecule has 0 saturated carbocycles. The Labute approximate surface area is 198 Å². The first-order valence-electron chi connectivity index (χ1n) is 11.6. The standard InChI is InChI=1S/C28H27NO5/c30-27(33-17-19-9-2-1-3-10-19)26(25-15-8-16-32-25)29-28(31)34-18-24-22-13-6-4-11-20(22)21-12-5-7-14-23(21)24/h1-7,9-14,24-26H,8,15-18H2,(H,29,31)/t25?,26-/m0/s1. The summed E-state index contributed by atoms with van der Waals surface area (Å²) in [5, 5.41) is 2.71. The number of ether oxygens (including phenoxy) is 3. The Balaban J connectivity index is 1.24. The highest BCUT2D eigenvalue weighted by atomic mass is 16.6. The maximum atomic E-state index is 12.9. The monoisotopic (exact) mass is 457 g/mol. The SMILES string of the molecule is O=C(N[C@H](C(=O)OCc1ccccc1)C1CCCO1)OCC1c2ccccc2-c2ccccc21. The van der Waals surface area contributed by atoms with E-state index < -0.39 is 24.2 Å². The normalized spacial score (nSPS) is 17.5. The Kier molecular flexibility index (Phi) is 6.58. The fourth-order valence-electron chi connectivity index (χ4n) is 4.75. The lowest BCUT2D eigenvalue weighted by atomic mass is 9.98. The zero-order valence-corrected chi connectivity index (χ0v) is 18.8. The number of amides is 1. The molecule has 1 heterocycles. The van der Waals surface area contributed by atoms with E-state index in [1.54, 1.807) is 0 Å². The molecule has 1 fully saturated rings. The van der Waals surface area contributed by atoms with Crippen LogP contribution in [0, 0.1) is 0 Å². The minimum Gasteiger partial charge on any atom is -0.459 e. The minimum atomic E-state index is -0.915. The average Bonchev–Trinajstić information content (AvgIpc) is 3.52. The Morgan fingerprint density at radius 1 is 0.882 bits per heavy atom. The lowest BCUT2D eigenvalue weighted by Crippen LogP contribution is -2.49. The molecule has 3 aromatic carbocycles. The number of nitrogens with one attached hydrogen (secondary N) is 1. The zero-order valence-electron chi connectivity index (χ0n) is 18.8. The topological polar surface area (TPSA) is 73.9 Å². The first kappa shape index (κ1) is 22.2. The highest BCUT2D eigenvalue weighted by molar-refractivity contribution is 5.82. The molecule has 1 aliphatic heterocycles. The van der Waals surface area contributed by atoms with Gasteiger partial charge in [-0.1, -0.05) is 78.9 Å². The maximum absolute atomic E-state index is 12.9. The molecule has 34 heavy (non-hydrogen) atoms. The van der Waals surface area contributed by atoms with Gasteiger partial charge in [0.2, 0.25) is 0 Å². The van der Waals surface area contributed by atoms with E-state index in [9.17, 15) is 9.59 Å². The van der Waals surface area contributed by atoms with Crippen LogP contribution in [0.3, 0.4) is 0 Å². The van der Waals surface area contributed by atoms with Crippen molar-refractivity contribution in [2.75, 3.05) is 13.2 Å². The first-order valence-corrected chi connectivity index (χ1v) is 11.6. The smallest absolute Gasteiger partial charge is 0.407 e. The van der Waals surface area contributed by atoms with E-state index in [-0.39, 0.29) is 19.1 Å². The largest absolute Gasteiger partial charge is 0.459 e. The van der Waals surface area contributed by atoms with E-state index in [0.29, 0.717) is 13.0 Å². The summed E-state index contributed by atoms with van der Waals surface area (Å²) in [5.74, 6) is -0.575. The second-order valence-corrected chi connectivity index (χ2v) is 8.59. The molecule has 2 atom stereocenters. The van der Waals surface area contributed by atoms with Crippen LogP contribution in [0.25, 0.3) is 11.1 Å². The van der Waals surface area contributed by atoms with Crippen molar-refractivity contribution in [2.45, 2.75) is 37.5 Å². The average molecular weight is 458 g/mol. The summed E-state index contributed by atoms with van der Waals surface area (Å²) < 4.78 is 16.8. The number of carbonyl (C=O) groups excluding carboxylic acids is 2. The molecule has 3 aromatic rings. The number of carbonyl (C=O) groups is 2. The number of rotatable bonds is 7. The summed E-state index contributed by atoms with van der Waals surface area (Å²) in [7, 11) is 0. The van der Waals surface area contributed by atoms with Crippen LogP contribution in [0.15, 0.2) is 78.9 Å². The van der Waals surface area contributed by atoms with Crippen LogP contribution < -0.4 is 5.32 Å². The van der Waals surface area contributed by atoms with E-state index in [4.69, 9.17) is 14.2 Å². The number of hydrogen-bond acceptors (Lipinski definition) is 5. The third-order valence-corrected chi connectivity index (χ3v) is 6.43. The molecule has 0 radical (unpaired) electrons. The van der Waals surface area contributed by atoms with Crippen molar-refractivity contribution in [1.29, 1.82) is 0 Å². The molecule has 1 N–H and O–H groups in total. The van der Waals surface area contributed by atoms with Gasteiger partial charge < -0.3 is 19.5 Å². The van der Waals surface area contributed by atoms with Gasteiger partial charge in [0.25, 0.3) is 0 Å². The highest BCUT2D eigenvalue weighted by Crippen LogP contribution is 2.44. The van der Waals surface area contributed by atoms with E-state index >= 15 is 0 Å². The van der Waals surface area contributed by atoms with Gasteiger partial charge in [0.1, 0.15) is 13.2 Å². The Hall–Kier alpha value is -3.64. The number of benzene rings is 3. The quantitative estimate of drug-likeness (QED) is 0.515. The predicted molar refractivity (Wildman–Crippen MR) is 127 cm³/mol. The molecular formula is C28H27NO5. The number of esters is 1. The van der Waals surface area contributed by atoms with Gasteiger partial charge in [-0.25, -0.2) is 9.59 Å². The molecular weight excluding hydrogens is 430 g/mol. The van der Waals surface area contributed by atoms with E-state index in [1.165, 1.54) is 0 Å². The molecule has 1 amide bonds. The summed E-state index contributed by atoms with van der Waals surface area (Å²) in [6.45, 7) is 0.867. The van der Waals surface area contributed by atoms with Crippen LogP contribution in [0.4, 0.5) is 4.79 Å². The van der Waals surface area contributed by atoms with Gasteiger partial charge in [-0.15, -0.1) is 0 Å². The van der Waals surface area contributed by atoms with Crippen molar-refractivity contribution < 1.29 is 23.8 Å². The molecule has 2 aliphatic rings. The van der Waals surface area contributed by atoms with E-state index in [0.717, 1.165) is 34.2 Å². The first-order chi connectivity index (χ1) is 16.7. The molecule has 0 spiro atoms. The fraction of sp³-hybridized carbons (Fsp3) is 0.286. The predicted octanol–water partition coefficient (Wildman–Crippen LogP) is 4.82. The molecule has 6 heteroatoms. The van der Waals surface area contributed by atoms with Gasteiger partial charge in [-0.3, -0.25) is 0 Å². The Morgan fingerprint density at radius 3 is 2.18 bits per heavy atom. The molecule has 1 unspecified atom stereocenters. The minimum absolute atomic E-state index is 0.0515. The summed E-state index contributed by atoms with van der Waals surface area (Å²) in [5.41, 5.74) is 5.47. The second-order valence-electron chi connectivity index (χ2n) is 8.59. The van der Waals surface area contributed by atoms with Crippen molar-refractivity contribution >= 4 is 12.1 Å². The van der Waals surface area contributed by atoms with Gasteiger partial charge >= 0.3 is 12.1 Å². The van der Waals surface area contributed by atoms with Crippen molar-refractivity contribution in [2.24, 2.45) is 0 Å². The van der Waals surface area contributed by atoms with Crippen LogP contribution in [0.2, 0.25) is 0 Å². The van der Waals surface area contributed by atoms with Gasteiger partial charge in [0, 0.05) is 12.5 Å². The number of alkyl carbamates (subject to hydrolysis) is 1. The van der Waals surface area contributed by atoms with Crippen LogP contribution >= 0.6 is 0 Å². The summed E-state index contributed by atoms with van der Waals surface area (Å²) >= 11 is 0. The van der Waals surface area contributed by atoms with Crippen LogP contribution in [0.5, 0.6) is 0 Å². The van der Waals surface area contributed by atoms with Crippen LogP contribution in [0.1, 0.15) is 35.4 Å². The van der Waals surface area contributed by atoms with Crippen molar-refractivity contribution in [3.05, 3.63) is 95.6 Å². The Bertz CT molecular complexity index is 1110. The van der Waals surface area contributed by atoms with Gasteiger partial charge in [-0.05, 0) is 40.7 Å². The van der Waals surface area contributed by atoms with Crippen LogP contribution in [-0.2, 0) is 25.6 Å². The maximum Gasteiger partial charge on any atom is 0.407 e. The summed E-state index contributed by atoms with van der Waals surface area (Å²) in [6.07, 6.45) is 0.427. The van der Waals surface area contributed by atoms with Crippen molar-refractivity contribution in [3.63, 3.8) is 0 Å². The molecule has 6 nitrogen and oxygen atoms in total. The van der Waals surface area contributed by atoms with Gasteiger partial charge in [0.15, 0.2) is 6.04 Å². The van der Waals surface area contributed by atoms with Crippen LogP contribution in [-0.4, -0.2) is 37.4 Å². The molecule has 0 aromatic heterocycles. The summed E-state index contributed by atoms with van der Waals surface area (Å²) in [4.78, 5) is 25.6. The van der Waals surface area contributed by atoms with Gasteiger partial charge in [0.05, 0.1) is 6.10 Å². The van der Waals surface area contributed by atoms with Crippen molar-refractivity contribution in [1.82, 2.24) is 5.32 Å². The second kappa shape index (κ2) is 10.1. The van der Waals surface area contributed by atoms with Gasteiger partial charge in [-0.2, -0.15) is 0 Å².